The number of allylic oxidation sites excluding steroid dienone is 4. The molecule has 0 saturated heterocycles. The van der Waals surface area contributed by atoms with Crippen LogP contribution in [0.1, 0.15) is 121 Å². The molecule has 0 fully saturated rings. The van der Waals surface area contributed by atoms with E-state index in [-0.39, 0.29) is 21.7 Å². The van der Waals surface area contributed by atoms with Crippen LogP contribution in [-0.2, 0) is 45.9 Å². The second-order valence-corrected chi connectivity index (χ2v) is 19.1. The maximum Gasteiger partial charge on any atom is -0.109 e. The van der Waals surface area contributed by atoms with E-state index < -0.39 is 0 Å². The maximum absolute atomic E-state index is 5.86. The molecule has 0 saturated carbocycles. The van der Waals surface area contributed by atoms with E-state index in [0.29, 0.717) is 0 Å². The van der Waals surface area contributed by atoms with E-state index in [9.17, 15) is 0 Å². The van der Waals surface area contributed by atoms with Gasteiger partial charge in [-0.15, -0.1) is 46.2 Å². The van der Waals surface area contributed by atoms with Crippen LogP contribution in [0.4, 0.5) is 0 Å². The van der Waals surface area contributed by atoms with Gasteiger partial charge in [-0.25, -0.2) is 12.2 Å². The van der Waals surface area contributed by atoms with Crippen LogP contribution >= 0.6 is 23.2 Å². The number of benzene rings is 4. The van der Waals surface area contributed by atoms with Crippen LogP contribution in [-0.4, -0.2) is 3.21 Å². The summed E-state index contributed by atoms with van der Waals surface area (Å²) >= 11 is 13.1. The first-order valence-electron chi connectivity index (χ1n) is 18.0. The van der Waals surface area contributed by atoms with E-state index in [0.717, 1.165) is 16.5 Å². The van der Waals surface area contributed by atoms with Crippen LogP contribution in [0, 0.1) is 6.08 Å². The molecule has 0 bridgehead atoms. The molecule has 0 aromatic heterocycles. The topological polar surface area (TPSA) is 0 Å². The van der Waals surface area contributed by atoms with Crippen molar-refractivity contribution >= 4 is 48.0 Å². The molecule has 0 atom stereocenters. The zero-order chi connectivity index (χ0) is 36.1. The summed E-state index contributed by atoms with van der Waals surface area (Å²) in [6, 6.07) is 28.5. The molecule has 0 radical (unpaired) electrons. The van der Waals surface area contributed by atoms with Crippen molar-refractivity contribution in [3.05, 3.63) is 147 Å². The smallest absolute Gasteiger partial charge is 0.109 e. The van der Waals surface area contributed by atoms with Gasteiger partial charge >= 0.3 is 120 Å². The zero-order valence-electron chi connectivity index (χ0n) is 31.0. The van der Waals surface area contributed by atoms with E-state index in [2.05, 4.69) is 97.9 Å². The van der Waals surface area contributed by atoms with Crippen LogP contribution in [0.5, 0.6) is 0 Å². The Bertz CT molecular complexity index is 1950. The summed E-state index contributed by atoms with van der Waals surface area (Å²) in [6.45, 7) is 19.5. The number of rotatable bonds is 2. The molecular weight excluding hydrogens is 727 g/mol. The molecule has 0 N–H and O–H groups in total. The second kappa shape index (κ2) is 14.2. The molecule has 8 rings (SSSR count). The molecule has 0 aliphatic heterocycles. The van der Waals surface area contributed by atoms with Gasteiger partial charge in [0.1, 0.15) is 0 Å². The molecule has 0 spiro atoms. The minimum absolute atomic E-state index is 0.262. The predicted molar refractivity (Wildman–Crippen MR) is 215 cm³/mol. The van der Waals surface area contributed by atoms with Gasteiger partial charge in [-0.3, -0.25) is 6.08 Å². The number of hydrogen-bond donors (Lipinski definition) is 0. The number of fused-ring (bicyclic) bond motifs is 5. The summed E-state index contributed by atoms with van der Waals surface area (Å²) in [4.78, 5) is 0. The van der Waals surface area contributed by atoms with Crippen molar-refractivity contribution in [1.82, 2.24) is 0 Å². The van der Waals surface area contributed by atoms with Crippen molar-refractivity contribution in [2.45, 2.75) is 109 Å². The summed E-state index contributed by atoms with van der Waals surface area (Å²) in [6.07, 6.45) is 15.1. The summed E-state index contributed by atoms with van der Waals surface area (Å²) in [5.74, 6) is 0. The van der Waals surface area contributed by atoms with Gasteiger partial charge in [-0.05, 0) is 47.3 Å². The molecule has 3 heteroatoms. The summed E-state index contributed by atoms with van der Waals surface area (Å²) in [5.41, 5.74) is 9.78. The van der Waals surface area contributed by atoms with Gasteiger partial charge in [0, 0.05) is 0 Å². The second-order valence-electron chi connectivity index (χ2n) is 17.0. The molecule has 0 nitrogen and oxygen atoms in total. The van der Waals surface area contributed by atoms with Gasteiger partial charge in [0.05, 0.1) is 0 Å². The Kier molecular flexibility index (Phi) is 10.6. The van der Waals surface area contributed by atoms with Crippen LogP contribution in [0.15, 0.2) is 97.1 Å². The van der Waals surface area contributed by atoms with Crippen molar-refractivity contribution in [2.75, 3.05) is 0 Å². The standard InChI is InChI=1S/C29H37.C13H8Cl2.C5H5.Zr/c1-26(2)9-11-28(5,6)24-16-20-18(14-22(24)26)13-19-15-23-25(17-21(19)20)29(7,8)12-10-27(23,3)4;14-12-5-1-10(2-6-12)9-11-3-7-13(15)8-4-11;1-2-4-5-3-1;/h13-17H,9-12H2,1-8H3;1-8H;1-3H,4H2;/q-1;;-1;+2. The molecule has 5 aromatic carbocycles. The van der Waals surface area contributed by atoms with E-state index >= 15 is 0 Å². The van der Waals surface area contributed by atoms with Gasteiger partial charge in [0.25, 0.3) is 0 Å². The van der Waals surface area contributed by atoms with Gasteiger partial charge in [-0.2, -0.15) is 6.08 Å². The van der Waals surface area contributed by atoms with Crippen LogP contribution in [0.3, 0.4) is 0 Å². The van der Waals surface area contributed by atoms with Crippen molar-refractivity contribution in [3.63, 3.8) is 0 Å². The third-order valence-corrected chi connectivity index (χ3v) is 13.4. The first-order chi connectivity index (χ1) is 23.5. The van der Waals surface area contributed by atoms with Gasteiger partial charge in [-0.1, -0.05) is 89.8 Å². The third-order valence-electron chi connectivity index (χ3n) is 11.5. The fraction of sp³-hybridized carbons (Fsp3) is 0.362. The van der Waals surface area contributed by atoms with E-state index in [1.807, 2.05) is 60.7 Å². The van der Waals surface area contributed by atoms with Crippen molar-refractivity contribution in [2.24, 2.45) is 0 Å². The Hall–Kier alpha value is -2.44. The molecule has 0 amide bonds. The maximum atomic E-state index is 5.86. The van der Waals surface area contributed by atoms with Crippen molar-refractivity contribution in [3.8, 4) is 0 Å². The van der Waals surface area contributed by atoms with E-state index in [1.165, 1.54) is 85.8 Å². The first kappa shape index (κ1) is 37.3. The Balaban J connectivity index is 0.000000171. The predicted octanol–water partition coefficient (Wildman–Crippen LogP) is 13.8. The Labute approximate surface area is 325 Å². The molecule has 5 aromatic rings. The molecule has 3 aliphatic rings. The van der Waals surface area contributed by atoms with Gasteiger partial charge in [0.2, 0.25) is 0 Å². The molecule has 3 aliphatic carbocycles. The van der Waals surface area contributed by atoms with Crippen molar-refractivity contribution < 1.29 is 24.2 Å². The van der Waals surface area contributed by atoms with Gasteiger partial charge < -0.3 is 0 Å². The summed E-state index contributed by atoms with van der Waals surface area (Å²) in [5, 5.41) is 7.33. The SMILES string of the molecule is CC1(C)CCC(C)(C)c2cc3c(cc21)[cH-]c1cc2c(cc13)C(C)(C)CCC2(C)C.Clc1ccc([C](=[Zr+2])c2ccc(Cl)cc2)cc1.[C-]1=CC=CC1. The molecular formula is C47H50Cl2Zr. The fourth-order valence-electron chi connectivity index (χ4n) is 7.87. The molecule has 256 valence electrons. The summed E-state index contributed by atoms with van der Waals surface area (Å²) < 4.78 is 1.31. The quantitative estimate of drug-likeness (QED) is 0.157. The number of hydrogen-bond acceptors (Lipinski definition) is 0. The minimum Gasteiger partial charge on any atom is -0.273 e. The molecule has 0 heterocycles. The molecule has 0 unspecified atom stereocenters. The third kappa shape index (κ3) is 7.68. The zero-order valence-corrected chi connectivity index (χ0v) is 35.0. The average molecular weight is 777 g/mol. The normalized spacial score (nSPS) is 18.8. The van der Waals surface area contributed by atoms with E-state index in [4.69, 9.17) is 23.2 Å². The first-order valence-corrected chi connectivity index (χ1v) is 20.0. The van der Waals surface area contributed by atoms with Crippen LogP contribution in [0.25, 0.3) is 21.5 Å². The Morgan fingerprint density at radius 2 is 0.940 bits per heavy atom. The van der Waals surface area contributed by atoms with Crippen molar-refractivity contribution in [1.29, 1.82) is 0 Å². The number of halogens is 2. The molecule has 50 heavy (non-hydrogen) atoms. The average Bonchev–Trinajstić information content (AvgIpc) is 3.77. The van der Waals surface area contributed by atoms with Crippen LogP contribution < -0.4 is 0 Å². The minimum atomic E-state index is 0.262. The largest absolute Gasteiger partial charge is 0.273 e. The Morgan fingerprint density at radius 1 is 0.580 bits per heavy atom. The fourth-order valence-corrected chi connectivity index (χ4v) is 8.95. The van der Waals surface area contributed by atoms with Crippen LogP contribution in [0.2, 0.25) is 10.0 Å². The summed E-state index contributed by atoms with van der Waals surface area (Å²) in [7, 11) is 0. The Morgan fingerprint density at radius 3 is 1.24 bits per heavy atom. The van der Waals surface area contributed by atoms with Gasteiger partial charge in [0.15, 0.2) is 0 Å². The monoisotopic (exact) mass is 774 g/mol. The van der Waals surface area contributed by atoms with E-state index in [1.54, 1.807) is 22.3 Å².